The second-order valence-electron chi connectivity index (χ2n) is 5.23. The summed E-state index contributed by atoms with van der Waals surface area (Å²) < 4.78 is 29.2. The van der Waals surface area contributed by atoms with Crippen LogP contribution < -0.4 is 10.0 Å². The van der Waals surface area contributed by atoms with E-state index in [9.17, 15) is 8.42 Å². The first-order valence-corrected chi connectivity index (χ1v) is 9.58. The first kappa shape index (κ1) is 16.4. The predicted molar refractivity (Wildman–Crippen MR) is 87.4 cm³/mol. The molecular weight excluding hydrogens is 408 g/mol. The smallest absolute Gasteiger partial charge is 0.241 e. The minimum atomic E-state index is -3.51. The number of piperidine rings is 1. The lowest BCUT2D eigenvalue weighted by Gasteiger charge is -2.28. The molecule has 0 saturated carbocycles. The van der Waals surface area contributed by atoms with E-state index in [0.717, 1.165) is 29.4 Å². The Kier molecular flexibility index (Phi) is 5.29. The molecule has 0 aromatic heterocycles. The van der Waals surface area contributed by atoms with Crippen LogP contribution in [0.2, 0.25) is 0 Å². The highest BCUT2D eigenvalue weighted by Gasteiger charge is 2.26. The van der Waals surface area contributed by atoms with Crippen LogP contribution >= 0.6 is 31.9 Å². The molecule has 1 aromatic carbocycles. The molecule has 1 heterocycles. The summed E-state index contributed by atoms with van der Waals surface area (Å²) in [6.07, 6.45) is 1.62. The van der Waals surface area contributed by atoms with Crippen LogP contribution in [0.5, 0.6) is 0 Å². The van der Waals surface area contributed by atoms with Gasteiger partial charge in [0.15, 0.2) is 0 Å². The van der Waals surface area contributed by atoms with Gasteiger partial charge in [-0.3, -0.25) is 0 Å². The zero-order valence-electron chi connectivity index (χ0n) is 11.4. The van der Waals surface area contributed by atoms with Crippen molar-refractivity contribution in [1.82, 2.24) is 10.0 Å². The van der Waals surface area contributed by atoms with Crippen molar-refractivity contribution in [1.29, 1.82) is 0 Å². The van der Waals surface area contributed by atoms with E-state index in [-0.39, 0.29) is 10.9 Å². The van der Waals surface area contributed by atoms with Crippen molar-refractivity contribution in [2.24, 2.45) is 0 Å². The molecule has 4 nitrogen and oxygen atoms in total. The van der Waals surface area contributed by atoms with Gasteiger partial charge < -0.3 is 5.32 Å². The van der Waals surface area contributed by atoms with Gasteiger partial charge in [-0.15, -0.1) is 0 Å². The fraction of sp³-hybridized carbons (Fsp3) is 0.538. The molecule has 1 fully saturated rings. The summed E-state index contributed by atoms with van der Waals surface area (Å²) in [6.45, 7) is 4.83. The highest BCUT2D eigenvalue weighted by Crippen LogP contribution is 2.29. The molecule has 1 aliphatic rings. The molecule has 1 aromatic rings. The summed E-state index contributed by atoms with van der Waals surface area (Å²) in [6, 6.07) is 3.78. The quantitative estimate of drug-likeness (QED) is 0.782. The Balaban J connectivity index is 2.24. The van der Waals surface area contributed by atoms with E-state index >= 15 is 0 Å². The van der Waals surface area contributed by atoms with Crippen molar-refractivity contribution in [3.8, 4) is 0 Å². The maximum absolute atomic E-state index is 12.5. The number of sulfonamides is 1. The lowest BCUT2D eigenvalue weighted by atomic mass is 10.0. The van der Waals surface area contributed by atoms with Crippen molar-refractivity contribution in [2.75, 3.05) is 6.54 Å². The largest absolute Gasteiger partial charge is 0.314 e. The van der Waals surface area contributed by atoms with Gasteiger partial charge in [0.25, 0.3) is 0 Å². The van der Waals surface area contributed by atoms with Crippen LogP contribution in [0.1, 0.15) is 25.3 Å². The highest BCUT2D eigenvalue weighted by atomic mass is 79.9. The lowest BCUT2D eigenvalue weighted by Crippen LogP contribution is -2.46. The van der Waals surface area contributed by atoms with Crippen molar-refractivity contribution < 1.29 is 8.42 Å². The Morgan fingerprint density at radius 3 is 2.65 bits per heavy atom. The van der Waals surface area contributed by atoms with Gasteiger partial charge in [0, 0.05) is 21.0 Å². The third kappa shape index (κ3) is 3.82. The van der Waals surface area contributed by atoms with E-state index in [1.54, 1.807) is 6.07 Å². The van der Waals surface area contributed by atoms with E-state index in [4.69, 9.17) is 0 Å². The summed E-state index contributed by atoms with van der Waals surface area (Å²) in [5.74, 6) is 0. The molecule has 2 rings (SSSR count). The van der Waals surface area contributed by atoms with Gasteiger partial charge >= 0.3 is 0 Å². The maximum atomic E-state index is 12.5. The summed E-state index contributed by atoms with van der Waals surface area (Å²) in [5.41, 5.74) is 0.992. The van der Waals surface area contributed by atoms with Gasteiger partial charge in [-0.05, 0) is 66.9 Å². The molecule has 0 bridgehead atoms. The minimum Gasteiger partial charge on any atom is -0.314 e. The van der Waals surface area contributed by atoms with Crippen LogP contribution in [0.4, 0.5) is 0 Å². The Morgan fingerprint density at radius 2 is 2.00 bits per heavy atom. The summed E-state index contributed by atoms with van der Waals surface area (Å²) >= 11 is 6.73. The molecule has 2 N–H and O–H groups in total. The third-order valence-electron chi connectivity index (χ3n) is 3.45. The summed E-state index contributed by atoms with van der Waals surface area (Å²) in [7, 11) is -3.51. The van der Waals surface area contributed by atoms with E-state index in [0.29, 0.717) is 10.5 Å². The molecule has 112 valence electrons. The van der Waals surface area contributed by atoms with Crippen LogP contribution in [0, 0.1) is 6.92 Å². The average molecular weight is 426 g/mol. The van der Waals surface area contributed by atoms with Gasteiger partial charge in [-0.25, -0.2) is 13.1 Å². The minimum absolute atomic E-state index is 0.0109. The Bertz CT molecular complexity index is 605. The van der Waals surface area contributed by atoms with Crippen LogP contribution in [-0.4, -0.2) is 27.0 Å². The van der Waals surface area contributed by atoms with Gasteiger partial charge in [0.2, 0.25) is 10.0 Å². The zero-order chi connectivity index (χ0) is 14.9. The SMILES string of the molecule is Cc1cc(Br)c(S(=O)(=O)NC2CCNC(C)C2)cc1Br. The second-order valence-corrected chi connectivity index (χ2v) is 8.62. The van der Waals surface area contributed by atoms with Crippen molar-refractivity contribution in [2.45, 2.75) is 43.7 Å². The van der Waals surface area contributed by atoms with E-state index in [1.807, 2.05) is 13.0 Å². The Labute approximate surface area is 137 Å². The first-order chi connectivity index (χ1) is 9.29. The van der Waals surface area contributed by atoms with E-state index in [2.05, 4.69) is 48.8 Å². The van der Waals surface area contributed by atoms with Gasteiger partial charge in [0.1, 0.15) is 0 Å². The van der Waals surface area contributed by atoms with Gasteiger partial charge in [-0.1, -0.05) is 15.9 Å². The number of nitrogens with one attached hydrogen (secondary N) is 2. The number of aryl methyl sites for hydroxylation is 1. The summed E-state index contributed by atoms with van der Waals surface area (Å²) in [5, 5.41) is 3.31. The van der Waals surface area contributed by atoms with Crippen molar-refractivity contribution in [3.05, 3.63) is 26.6 Å². The molecule has 0 amide bonds. The number of benzene rings is 1. The fourth-order valence-electron chi connectivity index (χ4n) is 2.36. The van der Waals surface area contributed by atoms with Gasteiger partial charge in [-0.2, -0.15) is 0 Å². The molecule has 0 aliphatic carbocycles. The molecule has 20 heavy (non-hydrogen) atoms. The van der Waals surface area contributed by atoms with Crippen molar-refractivity contribution in [3.63, 3.8) is 0 Å². The summed E-state index contributed by atoms with van der Waals surface area (Å²) in [4.78, 5) is 0.279. The molecule has 0 spiro atoms. The predicted octanol–water partition coefficient (Wildman–Crippen LogP) is 2.94. The van der Waals surface area contributed by atoms with Crippen molar-refractivity contribution >= 4 is 41.9 Å². The van der Waals surface area contributed by atoms with E-state index in [1.165, 1.54) is 0 Å². The molecule has 0 radical (unpaired) electrons. The second kappa shape index (κ2) is 6.44. The topological polar surface area (TPSA) is 58.2 Å². The van der Waals surface area contributed by atoms with Crippen LogP contribution in [0.25, 0.3) is 0 Å². The van der Waals surface area contributed by atoms with E-state index < -0.39 is 10.0 Å². The molecule has 2 atom stereocenters. The molecular formula is C13H18Br2N2O2S. The highest BCUT2D eigenvalue weighted by molar-refractivity contribution is 9.11. The molecule has 2 unspecified atom stereocenters. The number of rotatable bonds is 3. The molecule has 1 aliphatic heterocycles. The Morgan fingerprint density at radius 1 is 1.30 bits per heavy atom. The number of hydrogen-bond acceptors (Lipinski definition) is 3. The fourth-order valence-corrected chi connectivity index (χ4v) is 5.32. The van der Waals surface area contributed by atoms with Crippen LogP contribution in [0.15, 0.2) is 26.0 Å². The van der Waals surface area contributed by atoms with Gasteiger partial charge in [0.05, 0.1) is 4.90 Å². The zero-order valence-corrected chi connectivity index (χ0v) is 15.4. The molecule has 7 heteroatoms. The third-order valence-corrected chi connectivity index (χ3v) is 6.78. The standard InChI is InChI=1S/C13H18Br2N2O2S/c1-8-5-12(15)13(7-11(8)14)20(18,19)17-10-3-4-16-9(2)6-10/h5,7,9-10,16-17H,3-4,6H2,1-2H3. The normalized spacial score (nSPS) is 23.8. The van der Waals surface area contributed by atoms with Crippen LogP contribution in [0.3, 0.4) is 0 Å². The lowest BCUT2D eigenvalue weighted by molar-refractivity contribution is 0.361. The first-order valence-electron chi connectivity index (χ1n) is 6.51. The number of hydrogen-bond donors (Lipinski definition) is 2. The van der Waals surface area contributed by atoms with Crippen LogP contribution in [-0.2, 0) is 10.0 Å². The maximum Gasteiger partial charge on any atom is 0.241 e. The monoisotopic (exact) mass is 424 g/mol. The molecule has 1 saturated heterocycles. The number of halogens is 2. The Hall–Kier alpha value is 0.0500. The average Bonchev–Trinajstić information content (AvgIpc) is 2.33.